The molecule has 0 aromatic carbocycles. The molecule has 2 aromatic heterocycles. The minimum absolute atomic E-state index is 0.0583. The van der Waals surface area contributed by atoms with Gasteiger partial charge in [0.1, 0.15) is 18.7 Å². The Balaban J connectivity index is 2.28. The Kier molecular flexibility index (Phi) is 4.41. The van der Waals surface area contributed by atoms with Crippen molar-refractivity contribution in [2.45, 2.75) is 32.9 Å². The summed E-state index contributed by atoms with van der Waals surface area (Å²) in [6.07, 6.45) is 2.81. The van der Waals surface area contributed by atoms with E-state index in [1.807, 2.05) is 6.92 Å². The van der Waals surface area contributed by atoms with Crippen LogP contribution < -0.4 is 5.73 Å². The van der Waals surface area contributed by atoms with Gasteiger partial charge in [-0.2, -0.15) is 5.10 Å². The number of aromatic nitrogens is 6. The molecule has 0 amide bonds. The van der Waals surface area contributed by atoms with Gasteiger partial charge in [0.25, 0.3) is 0 Å². The Labute approximate surface area is 115 Å². The lowest BCUT2D eigenvalue weighted by Gasteiger charge is -2.07. The summed E-state index contributed by atoms with van der Waals surface area (Å²) in [7, 11) is 0. The lowest BCUT2D eigenvalue weighted by atomic mass is 10.2. The summed E-state index contributed by atoms with van der Waals surface area (Å²) in [5.74, 6) is -0.387. The maximum atomic E-state index is 11.1. The number of carboxylic acids is 1. The van der Waals surface area contributed by atoms with Crippen LogP contribution in [0, 0.1) is 0 Å². The van der Waals surface area contributed by atoms with Crippen LogP contribution in [0.5, 0.6) is 0 Å². The molecule has 0 fully saturated rings. The van der Waals surface area contributed by atoms with Gasteiger partial charge in [0, 0.05) is 13.0 Å². The average Bonchev–Trinajstić information content (AvgIpc) is 3.00. The summed E-state index contributed by atoms with van der Waals surface area (Å²) in [5, 5.41) is 20.8. The zero-order chi connectivity index (χ0) is 14.5. The third-order valence-electron chi connectivity index (χ3n) is 2.84. The van der Waals surface area contributed by atoms with Crippen molar-refractivity contribution < 1.29 is 9.90 Å². The maximum Gasteiger partial charge on any atom is 0.358 e. The molecular weight excluding hydrogens is 262 g/mol. The number of nitrogens with two attached hydrogens (primary N) is 1. The summed E-state index contributed by atoms with van der Waals surface area (Å²) >= 11 is 0. The maximum absolute atomic E-state index is 11.1. The smallest absolute Gasteiger partial charge is 0.358 e. The fraction of sp³-hybridized carbons (Fsp3) is 0.545. The van der Waals surface area contributed by atoms with Gasteiger partial charge < -0.3 is 10.8 Å². The van der Waals surface area contributed by atoms with Crippen molar-refractivity contribution in [3.8, 4) is 0 Å². The highest BCUT2D eigenvalue weighted by Gasteiger charge is 2.19. The van der Waals surface area contributed by atoms with E-state index in [1.165, 1.54) is 11.0 Å². The Morgan fingerprint density at radius 2 is 2.25 bits per heavy atom. The van der Waals surface area contributed by atoms with Crippen LogP contribution in [-0.4, -0.2) is 47.4 Å². The zero-order valence-electron chi connectivity index (χ0n) is 11.2. The number of rotatable bonds is 7. The first-order valence-corrected chi connectivity index (χ1v) is 6.39. The van der Waals surface area contributed by atoms with Crippen LogP contribution in [0.2, 0.25) is 0 Å². The molecule has 108 valence electrons. The fourth-order valence-corrected chi connectivity index (χ4v) is 1.95. The van der Waals surface area contributed by atoms with Crippen molar-refractivity contribution >= 4 is 5.97 Å². The van der Waals surface area contributed by atoms with Gasteiger partial charge in [-0.25, -0.2) is 19.1 Å². The number of carboxylic acid groups (broad SMARTS) is 1. The molecule has 0 spiro atoms. The van der Waals surface area contributed by atoms with Gasteiger partial charge in [-0.15, -0.1) is 5.10 Å². The van der Waals surface area contributed by atoms with Gasteiger partial charge in [0.15, 0.2) is 5.69 Å². The van der Waals surface area contributed by atoms with Crippen LogP contribution in [0.15, 0.2) is 6.33 Å². The van der Waals surface area contributed by atoms with E-state index in [4.69, 9.17) is 10.8 Å². The first kappa shape index (κ1) is 14.1. The van der Waals surface area contributed by atoms with E-state index < -0.39 is 5.97 Å². The SMILES string of the molecule is CCCn1ncnc1Cn1nnc(C(=O)O)c1CCN. The monoisotopic (exact) mass is 279 g/mol. The van der Waals surface area contributed by atoms with Gasteiger partial charge in [-0.05, 0) is 13.0 Å². The van der Waals surface area contributed by atoms with Crippen molar-refractivity contribution in [3.63, 3.8) is 0 Å². The summed E-state index contributed by atoms with van der Waals surface area (Å²) in [4.78, 5) is 15.3. The standard InChI is InChI=1S/C11H17N7O2/c1-2-5-17-9(13-7-14-17)6-18-8(3-4-12)10(11(19)20)15-16-18/h7H,2-6,12H2,1H3,(H,19,20). The molecule has 2 rings (SSSR count). The zero-order valence-corrected chi connectivity index (χ0v) is 11.2. The minimum Gasteiger partial charge on any atom is -0.476 e. The fourth-order valence-electron chi connectivity index (χ4n) is 1.95. The normalized spacial score (nSPS) is 10.9. The second-order valence-electron chi connectivity index (χ2n) is 4.29. The first-order valence-electron chi connectivity index (χ1n) is 6.39. The molecule has 0 aliphatic rings. The van der Waals surface area contributed by atoms with Gasteiger partial charge in [0.2, 0.25) is 0 Å². The first-order chi connectivity index (χ1) is 9.67. The van der Waals surface area contributed by atoms with Crippen LogP contribution in [0.1, 0.15) is 35.4 Å². The number of carbonyl (C=O) groups is 1. The van der Waals surface area contributed by atoms with E-state index in [0.29, 0.717) is 31.0 Å². The van der Waals surface area contributed by atoms with E-state index in [2.05, 4.69) is 20.4 Å². The lowest BCUT2D eigenvalue weighted by Crippen LogP contribution is -2.16. The molecule has 0 saturated carbocycles. The van der Waals surface area contributed by atoms with Crippen molar-refractivity contribution in [1.29, 1.82) is 0 Å². The molecular formula is C11H17N7O2. The average molecular weight is 279 g/mol. The molecule has 3 N–H and O–H groups in total. The predicted octanol–water partition coefficient (Wildman–Crippen LogP) is -0.473. The molecule has 9 heteroatoms. The summed E-state index contributed by atoms with van der Waals surface area (Å²) in [6, 6.07) is 0. The Bertz CT molecular complexity index is 589. The Hall–Kier alpha value is -2.29. The third kappa shape index (κ3) is 2.82. The highest BCUT2D eigenvalue weighted by molar-refractivity contribution is 5.86. The van der Waals surface area contributed by atoms with Crippen LogP contribution in [0.4, 0.5) is 0 Å². The number of nitrogens with zero attached hydrogens (tertiary/aromatic N) is 6. The van der Waals surface area contributed by atoms with E-state index in [9.17, 15) is 4.79 Å². The van der Waals surface area contributed by atoms with Crippen LogP contribution in [0.25, 0.3) is 0 Å². The molecule has 0 aliphatic heterocycles. The highest BCUT2D eigenvalue weighted by Crippen LogP contribution is 2.09. The number of hydrogen-bond acceptors (Lipinski definition) is 6. The Morgan fingerprint density at radius 3 is 2.90 bits per heavy atom. The molecule has 0 aliphatic carbocycles. The predicted molar refractivity (Wildman–Crippen MR) is 69.2 cm³/mol. The second-order valence-corrected chi connectivity index (χ2v) is 4.29. The van der Waals surface area contributed by atoms with Crippen molar-refractivity contribution in [2.75, 3.05) is 6.54 Å². The van der Waals surface area contributed by atoms with Crippen molar-refractivity contribution in [3.05, 3.63) is 23.5 Å². The van der Waals surface area contributed by atoms with E-state index in [-0.39, 0.29) is 5.69 Å². The largest absolute Gasteiger partial charge is 0.476 e. The topological polar surface area (TPSA) is 125 Å². The molecule has 2 heterocycles. The summed E-state index contributed by atoms with van der Waals surface area (Å²) in [5.41, 5.74) is 5.96. The van der Waals surface area contributed by atoms with Gasteiger partial charge in [0.05, 0.1) is 5.69 Å². The number of aromatic carboxylic acids is 1. The molecule has 2 aromatic rings. The molecule has 0 atom stereocenters. The Morgan fingerprint density at radius 1 is 1.45 bits per heavy atom. The second kappa shape index (κ2) is 6.24. The molecule has 0 saturated heterocycles. The quantitative estimate of drug-likeness (QED) is 0.701. The molecule has 0 bridgehead atoms. The number of hydrogen-bond donors (Lipinski definition) is 2. The van der Waals surface area contributed by atoms with Crippen molar-refractivity contribution in [1.82, 2.24) is 29.8 Å². The van der Waals surface area contributed by atoms with E-state index in [0.717, 1.165) is 13.0 Å². The van der Waals surface area contributed by atoms with Crippen molar-refractivity contribution in [2.24, 2.45) is 5.73 Å². The third-order valence-corrected chi connectivity index (χ3v) is 2.84. The minimum atomic E-state index is -1.10. The van der Waals surface area contributed by atoms with Gasteiger partial charge in [-0.3, -0.25) is 0 Å². The van der Waals surface area contributed by atoms with E-state index in [1.54, 1.807) is 4.68 Å². The highest BCUT2D eigenvalue weighted by atomic mass is 16.4. The van der Waals surface area contributed by atoms with E-state index >= 15 is 0 Å². The summed E-state index contributed by atoms with van der Waals surface area (Å²) < 4.78 is 3.29. The molecule has 20 heavy (non-hydrogen) atoms. The van der Waals surface area contributed by atoms with Crippen LogP contribution >= 0.6 is 0 Å². The molecule has 0 unspecified atom stereocenters. The van der Waals surface area contributed by atoms with Crippen LogP contribution in [-0.2, 0) is 19.5 Å². The number of aryl methyl sites for hydroxylation is 1. The molecule has 9 nitrogen and oxygen atoms in total. The summed E-state index contributed by atoms with van der Waals surface area (Å²) in [6.45, 7) is 3.45. The van der Waals surface area contributed by atoms with Gasteiger partial charge >= 0.3 is 5.97 Å². The van der Waals surface area contributed by atoms with Gasteiger partial charge in [-0.1, -0.05) is 12.1 Å². The lowest BCUT2D eigenvalue weighted by molar-refractivity contribution is 0.0689. The molecule has 0 radical (unpaired) electrons. The van der Waals surface area contributed by atoms with Crippen LogP contribution in [0.3, 0.4) is 0 Å².